The molecule has 0 spiro atoms. The first-order valence-corrected chi connectivity index (χ1v) is 15.5. The fourth-order valence-electron chi connectivity index (χ4n) is 3.61. The minimum atomic E-state index is -0.833. The largest absolute Gasteiger partial charge is 0.481 e. The second-order valence-electron chi connectivity index (χ2n) is 9.98. The summed E-state index contributed by atoms with van der Waals surface area (Å²) >= 11 is 0. The summed E-state index contributed by atoms with van der Waals surface area (Å²) in [5, 5.41) is 13.5. The molecular weight excluding hydrogens is 508 g/mol. The van der Waals surface area contributed by atoms with E-state index in [0.29, 0.717) is 6.61 Å². The Kier molecular flexibility index (Phi) is 45.6. The Bertz CT molecular complexity index is 550. The van der Waals surface area contributed by atoms with Crippen molar-refractivity contribution in [3.8, 4) is 0 Å². The lowest BCUT2D eigenvalue weighted by molar-refractivity contribution is -0.141. The average molecular weight is 575 g/mol. The second-order valence-corrected chi connectivity index (χ2v) is 9.98. The fourth-order valence-corrected chi connectivity index (χ4v) is 3.61. The number of nitrogens with one attached hydrogen (secondary N) is 1. The van der Waals surface area contributed by atoms with E-state index in [1.54, 1.807) is 0 Å². The van der Waals surface area contributed by atoms with Crippen LogP contribution in [0.15, 0.2) is 4.99 Å². The van der Waals surface area contributed by atoms with Crippen molar-refractivity contribution in [2.75, 3.05) is 13.2 Å². The first-order valence-electron chi connectivity index (χ1n) is 15.5. The highest BCUT2D eigenvalue weighted by Gasteiger charge is 1.95. The number of ether oxygens (including phenoxy) is 1. The van der Waals surface area contributed by atoms with E-state index in [2.05, 4.69) is 30.3 Å². The third-order valence-electron chi connectivity index (χ3n) is 5.61. The molecule has 0 heterocycles. The topological polar surface area (TPSA) is 204 Å². The summed E-state index contributed by atoms with van der Waals surface area (Å²) < 4.78 is 4.87. The number of guanidine groups is 2. The number of carboxylic acids is 1. The molecule has 0 bridgehead atoms. The number of carbonyl (C=O) groups is 2. The van der Waals surface area contributed by atoms with Gasteiger partial charge in [0.2, 0.25) is 0 Å². The van der Waals surface area contributed by atoms with E-state index in [0.717, 1.165) is 26.3 Å². The zero-order chi connectivity index (χ0) is 31.3. The zero-order valence-electron chi connectivity index (χ0n) is 26.5. The van der Waals surface area contributed by atoms with Gasteiger partial charge in [0.1, 0.15) is 0 Å². The fraction of sp³-hybridized carbons (Fsp3) is 0.867. The van der Waals surface area contributed by atoms with Gasteiger partial charge in [-0.05, 0) is 12.8 Å². The molecule has 40 heavy (non-hydrogen) atoms. The molecule has 0 aliphatic carbocycles. The molecule has 0 fully saturated rings. The highest BCUT2D eigenvalue weighted by Crippen LogP contribution is 2.11. The molecule has 0 radical (unpaired) electrons. The van der Waals surface area contributed by atoms with Gasteiger partial charge < -0.3 is 32.8 Å². The Morgan fingerprint density at radius 2 is 0.900 bits per heavy atom. The number of aliphatic imine (C=N–C) groups is 1. The molecule has 0 amide bonds. The van der Waals surface area contributed by atoms with Gasteiger partial charge in [0.25, 0.3) is 5.97 Å². The highest BCUT2D eigenvalue weighted by atomic mass is 16.5. The van der Waals surface area contributed by atoms with Crippen molar-refractivity contribution < 1.29 is 19.4 Å². The summed E-state index contributed by atoms with van der Waals surface area (Å²) in [6.07, 6.45) is 26.6. The van der Waals surface area contributed by atoms with Crippen LogP contribution in [0, 0.1) is 5.41 Å². The highest BCUT2D eigenvalue weighted by molar-refractivity contribution is 5.75. The van der Waals surface area contributed by atoms with Crippen LogP contribution in [-0.2, 0) is 14.3 Å². The zero-order valence-corrected chi connectivity index (χ0v) is 26.5. The van der Waals surface area contributed by atoms with Crippen LogP contribution in [0.2, 0.25) is 0 Å². The molecule has 0 unspecified atom stereocenters. The van der Waals surface area contributed by atoms with Crippen LogP contribution >= 0.6 is 0 Å². The number of hydrogen-bond acceptors (Lipinski definition) is 5. The van der Waals surface area contributed by atoms with Crippen molar-refractivity contribution in [2.45, 2.75) is 156 Å². The van der Waals surface area contributed by atoms with E-state index < -0.39 is 5.97 Å². The van der Waals surface area contributed by atoms with Crippen LogP contribution in [0.25, 0.3) is 0 Å². The lowest BCUT2D eigenvalue weighted by Gasteiger charge is -2.02. The summed E-state index contributed by atoms with van der Waals surface area (Å²) in [5.74, 6) is -1.10. The van der Waals surface area contributed by atoms with Crippen molar-refractivity contribution in [1.82, 2.24) is 0 Å². The van der Waals surface area contributed by atoms with E-state index >= 15 is 0 Å². The molecule has 0 atom stereocenters. The van der Waals surface area contributed by atoms with Gasteiger partial charge in [0.05, 0.1) is 6.61 Å². The molecule has 0 aliphatic rings. The van der Waals surface area contributed by atoms with Gasteiger partial charge in [-0.25, -0.2) is 0 Å². The van der Waals surface area contributed by atoms with Crippen LogP contribution in [0.4, 0.5) is 0 Å². The normalized spacial score (nSPS) is 9.50. The number of hydrogen-bond donors (Lipinski definition) is 6. The number of nitrogens with zero attached hydrogens (tertiary/aromatic N) is 1. The SMILES string of the molecule is CC(=O)O.CCCCCCCCCCCCN=C(N)N.CCCCCCCCCCCCOC(C)=O.N=C(N)N. The van der Waals surface area contributed by atoms with Crippen LogP contribution in [-0.4, -0.2) is 42.1 Å². The van der Waals surface area contributed by atoms with Gasteiger partial charge >= 0.3 is 5.97 Å². The average Bonchev–Trinajstić information content (AvgIpc) is 2.85. The third-order valence-corrected chi connectivity index (χ3v) is 5.61. The second kappa shape index (κ2) is 41.0. The Labute approximate surface area is 246 Å². The quantitative estimate of drug-likeness (QED) is 0.0359. The molecule has 0 aromatic carbocycles. The number of rotatable bonds is 22. The van der Waals surface area contributed by atoms with Crippen molar-refractivity contribution in [2.24, 2.45) is 27.9 Å². The Hall–Kier alpha value is -2.52. The molecular formula is C30H66N6O4. The molecule has 10 N–H and O–H groups in total. The molecule has 0 aliphatic heterocycles. The minimum absolute atomic E-state index is 0.157. The Morgan fingerprint density at radius 3 is 1.18 bits per heavy atom. The number of carbonyl (C=O) groups excluding carboxylic acids is 1. The smallest absolute Gasteiger partial charge is 0.302 e. The molecule has 0 saturated carbocycles. The lowest BCUT2D eigenvalue weighted by atomic mass is 10.1. The molecule has 0 saturated heterocycles. The Balaban J connectivity index is -0.000000255. The maximum absolute atomic E-state index is 10.5. The summed E-state index contributed by atoms with van der Waals surface area (Å²) in [7, 11) is 0. The van der Waals surface area contributed by atoms with Crippen molar-refractivity contribution in [1.29, 1.82) is 5.41 Å². The number of unbranched alkanes of at least 4 members (excludes halogenated alkanes) is 18. The standard InChI is InChI=1S/C14H28O2.C13H29N3.C2H4O2.CH5N3/c1-3-4-5-6-7-8-9-10-11-12-13-16-14(2)15;1-2-3-4-5-6-7-8-9-10-11-12-16-13(14)15;1-2(3)4;2-1(3)4/h3-13H2,1-2H3;2-12H2,1H3,(H4,14,15,16);1H3,(H,3,4);(H5,2,3,4). The van der Waals surface area contributed by atoms with Gasteiger partial charge in [-0.15, -0.1) is 0 Å². The first kappa shape index (κ1) is 44.5. The number of esters is 1. The third kappa shape index (κ3) is 76.5. The summed E-state index contributed by atoms with van der Waals surface area (Å²) in [5.41, 5.74) is 19.4. The molecule has 0 aromatic heterocycles. The van der Waals surface area contributed by atoms with Crippen molar-refractivity contribution in [3.63, 3.8) is 0 Å². The van der Waals surface area contributed by atoms with Gasteiger partial charge in [-0.1, -0.05) is 129 Å². The van der Waals surface area contributed by atoms with E-state index in [4.69, 9.17) is 31.5 Å². The molecule has 10 heteroatoms. The summed E-state index contributed by atoms with van der Waals surface area (Å²) in [6.45, 7) is 8.46. The first-order chi connectivity index (χ1) is 19.0. The number of carboxylic acid groups (broad SMARTS) is 1. The predicted molar refractivity (Wildman–Crippen MR) is 170 cm³/mol. The number of aliphatic carboxylic acids is 1. The van der Waals surface area contributed by atoms with Crippen molar-refractivity contribution in [3.05, 3.63) is 0 Å². The van der Waals surface area contributed by atoms with Crippen LogP contribution in [0.3, 0.4) is 0 Å². The van der Waals surface area contributed by atoms with Gasteiger partial charge in [0, 0.05) is 20.4 Å². The molecule has 10 nitrogen and oxygen atoms in total. The maximum Gasteiger partial charge on any atom is 0.302 e. The van der Waals surface area contributed by atoms with Gasteiger partial charge in [-0.3, -0.25) is 20.0 Å². The van der Waals surface area contributed by atoms with Gasteiger partial charge in [-0.2, -0.15) is 0 Å². The van der Waals surface area contributed by atoms with E-state index in [9.17, 15) is 4.79 Å². The van der Waals surface area contributed by atoms with Crippen LogP contribution in [0.1, 0.15) is 156 Å². The van der Waals surface area contributed by atoms with E-state index in [1.807, 2.05) is 0 Å². The molecule has 240 valence electrons. The van der Waals surface area contributed by atoms with Gasteiger partial charge in [0.15, 0.2) is 11.9 Å². The summed E-state index contributed by atoms with van der Waals surface area (Å²) in [6, 6.07) is 0. The van der Waals surface area contributed by atoms with Crippen LogP contribution in [0.5, 0.6) is 0 Å². The lowest BCUT2D eigenvalue weighted by Crippen LogP contribution is -2.22. The predicted octanol–water partition coefficient (Wildman–Crippen LogP) is 6.58. The summed E-state index contributed by atoms with van der Waals surface area (Å²) in [4.78, 5) is 23.4. The molecule has 0 rings (SSSR count). The Morgan fingerprint density at radius 1 is 0.625 bits per heavy atom. The van der Waals surface area contributed by atoms with E-state index in [1.165, 1.54) is 122 Å². The van der Waals surface area contributed by atoms with E-state index in [-0.39, 0.29) is 17.9 Å². The minimum Gasteiger partial charge on any atom is -0.481 e. The van der Waals surface area contributed by atoms with Crippen LogP contribution < -0.4 is 22.9 Å². The van der Waals surface area contributed by atoms with Crippen molar-refractivity contribution >= 4 is 23.9 Å². The molecule has 0 aromatic rings. The number of nitrogens with two attached hydrogens (primary N) is 4. The maximum atomic E-state index is 10.5. The monoisotopic (exact) mass is 575 g/mol.